The van der Waals surface area contributed by atoms with E-state index in [-0.39, 0.29) is 0 Å². The van der Waals surface area contributed by atoms with Crippen LogP contribution in [0.4, 0.5) is 0 Å². The summed E-state index contributed by atoms with van der Waals surface area (Å²) < 4.78 is 6.20. The van der Waals surface area contributed by atoms with Crippen LogP contribution in [0.25, 0.3) is 33.2 Å². The van der Waals surface area contributed by atoms with E-state index in [9.17, 15) is 5.21 Å². The maximum absolute atomic E-state index is 9.56. The van der Waals surface area contributed by atoms with Gasteiger partial charge in [-0.1, -0.05) is 65.8 Å². The molecule has 0 spiro atoms. The third-order valence-electron chi connectivity index (χ3n) is 5.35. The molecule has 0 aliphatic carbocycles. The van der Waals surface area contributed by atoms with Gasteiger partial charge in [-0.3, -0.25) is 4.98 Å². The van der Waals surface area contributed by atoms with Crippen molar-refractivity contribution in [3.63, 3.8) is 0 Å². The van der Waals surface area contributed by atoms with E-state index in [1.807, 2.05) is 54.7 Å². The fourth-order valence-corrected chi connectivity index (χ4v) is 3.73. The molecule has 2 aromatic heterocycles. The second-order valence-corrected chi connectivity index (χ2v) is 7.33. The highest BCUT2D eigenvalue weighted by Gasteiger charge is 2.09. The maximum Gasteiger partial charge on any atom is 0.155 e. The molecule has 146 valence electrons. The molecule has 0 saturated heterocycles. The fraction of sp³-hybridized carbons (Fsp3) is 0.0769. The van der Waals surface area contributed by atoms with E-state index in [4.69, 9.17) is 4.42 Å². The third kappa shape index (κ3) is 3.55. The molecule has 4 heteroatoms. The third-order valence-corrected chi connectivity index (χ3v) is 5.35. The SMILES string of the molecule is O/N=c1\cc(-c2cc3ccccc3cn2)oc2cc(CCc3ccccc3)ccc12. The van der Waals surface area contributed by atoms with Gasteiger partial charge in [0, 0.05) is 23.0 Å². The minimum atomic E-state index is 0.468. The van der Waals surface area contributed by atoms with E-state index in [0.29, 0.717) is 22.4 Å². The van der Waals surface area contributed by atoms with Crippen molar-refractivity contribution in [2.75, 3.05) is 0 Å². The topological polar surface area (TPSA) is 58.6 Å². The van der Waals surface area contributed by atoms with Crippen LogP contribution in [0.15, 0.2) is 101 Å². The number of nitrogens with zero attached hydrogens (tertiary/aromatic N) is 2. The molecule has 5 aromatic rings. The van der Waals surface area contributed by atoms with Gasteiger partial charge in [0.1, 0.15) is 16.6 Å². The van der Waals surface area contributed by atoms with Crippen molar-refractivity contribution in [2.24, 2.45) is 5.16 Å². The number of benzene rings is 3. The van der Waals surface area contributed by atoms with Crippen molar-refractivity contribution < 1.29 is 9.62 Å². The molecule has 2 heterocycles. The van der Waals surface area contributed by atoms with Gasteiger partial charge in [0.25, 0.3) is 0 Å². The van der Waals surface area contributed by atoms with E-state index in [0.717, 1.165) is 29.0 Å². The summed E-state index contributed by atoms with van der Waals surface area (Å²) in [6.07, 6.45) is 3.69. The minimum absolute atomic E-state index is 0.468. The van der Waals surface area contributed by atoms with Gasteiger partial charge in [-0.25, -0.2) is 0 Å². The van der Waals surface area contributed by atoms with Crippen LogP contribution in [0.2, 0.25) is 0 Å². The van der Waals surface area contributed by atoms with Crippen molar-refractivity contribution in [1.29, 1.82) is 0 Å². The summed E-state index contributed by atoms with van der Waals surface area (Å²) in [7, 11) is 0. The van der Waals surface area contributed by atoms with Crippen molar-refractivity contribution in [3.05, 3.63) is 108 Å². The molecule has 0 aliphatic heterocycles. The van der Waals surface area contributed by atoms with Crippen LogP contribution in [0.1, 0.15) is 11.1 Å². The minimum Gasteiger partial charge on any atom is -0.454 e. The lowest BCUT2D eigenvalue weighted by atomic mass is 10.0. The lowest BCUT2D eigenvalue weighted by Gasteiger charge is -2.07. The van der Waals surface area contributed by atoms with Crippen LogP contribution < -0.4 is 5.36 Å². The summed E-state index contributed by atoms with van der Waals surface area (Å²) in [4.78, 5) is 4.54. The highest BCUT2D eigenvalue weighted by Crippen LogP contribution is 2.24. The number of hydrogen-bond donors (Lipinski definition) is 1. The van der Waals surface area contributed by atoms with Crippen molar-refractivity contribution in [1.82, 2.24) is 4.98 Å². The summed E-state index contributed by atoms with van der Waals surface area (Å²) in [5.74, 6) is 0.571. The summed E-state index contributed by atoms with van der Waals surface area (Å²) >= 11 is 0. The van der Waals surface area contributed by atoms with Gasteiger partial charge in [-0.05, 0) is 47.6 Å². The standard InChI is InChI=1S/C26H20N2O2/c29-28-23-16-26(24-15-20-8-4-5-9-21(20)17-27-24)30-25-14-19(12-13-22(23)25)11-10-18-6-2-1-3-7-18/h1-9,12-17,29H,10-11H2/b28-23+. The molecule has 0 aliphatic rings. The summed E-state index contributed by atoms with van der Waals surface area (Å²) in [5, 5.41) is 16.4. The summed E-state index contributed by atoms with van der Waals surface area (Å²) in [6, 6.07) is 28.2. The molecule has 1 N–H and O–H groups in total. The van der Waals surface area contributed by atoms with E-state index < -0.39 is 0 Å². The van der Waals surface area contributed by atoms with Crippen LogP contribution in [-0.2, 0) is 12.8 Å². The van der Waals surface area contributed by atoms with E-state index in [2.05, 4.69) is 40.5 Å². The van der Waals surface area contributed by atoms with Gasteiger partial charge >= 0.3 is 0 Å². The number of aromatic nitrogens is 1. The van der Waals surface area contributed by atoms with Crippen LogP contribution in [-0.4, -0.2) is 10.2 Å². The second-order valence-electron chi connectivity index (χ2n) is 7.33. The Kier molecular flexibility index (Phi) is 4.74. The first kappa shape index (κ1) is 18.1. The molecule has 0 fully saturated rings. The van der Waals surface area contributed by atoms with E-state index in [1.165, 1.54) is 11.1 Å². The van der Waals surface area contributed by atoms with Crippen molar-refractivity contribution >= 4 is 21.7 Å². The molecular weight excluding hydrogens is 372 g/mol. The van der Waals surface area contributed by atoms with Gasteiger partial charge in [-0.2, -0.15) is 0 Å². The highest BCUT2D eigenvalue weighted by atomic mass is 16.4. The maximum atomic E-state index is 9.56. The normalized spacial score (nSPS) is 11.9. The Morgan fingerprint density at radius 3 is 2.37 bits per heavy atom. The Morgan fingerprint density at radius 2 is 1.53 bits per heavy atom. The molecule has 3 aromatic carbocycles. The largest absolute Gasteiger partial charge is 0.454 e. The lowest BCUT2D eigenvalue weighted by molar-refractivity contribution is 0.302. The lowest BCUT2D eigenvalue weighted by Crippen LogP contribution is -2.04. The number of hydrogen-bond acceptors (Lipinski definition) is 4. The quantitative estimate of drug-likeness (QED) is 0.314. The smallest absolute Gasteiger partial charge is 0.155 e. The molecule has 5 rings (SSSR count). The summed E-state index contributed by atoms with van der Waals surface area (Å²) in [6.45, 7) is 0. The van der Waals surface area contributed by atoms with E-state index >= 15 is 0 Å². The van der Waals surface area contributed by atoms with Gasteiger partial charge in [0.15, 0.2) is 5.76 Å². The van der Waals surface area contributed by atoms with Crippen molar-refractivity contribution in [3.8, 4) is 11.5 Å². The van der Waals surface area contributed by atoms with Crippen LogP contribution in [0, 0.1) is 0 Å². The highest BCUT2D eigenvalue weighted by molar-refractivity contribution is 5.85. The molecule has 4 nitrogen and oxygen atoms in total. The van der Waals surface area contributed by atoms with Crippen LogP contribution in [0.3, 0.4) is 0 Å². The summed E-state index contributed by atoms with van der Waals surface area (Å²) in [5.41, 5.74) is 3.85. The van der Waals surface area contributed by atoms with Gasteiger partial charge < -0.3 is 9.62 Å². The Balaban J connectivity index is 1.55. The van der Waals surface area contributed by atoms with Gasteiger partial charge in [0.05, 0.1) is 0 Å². The molecule has 0 bridgehead atoms. The Morgan fingerprint density at radius 1 is 0.767 bits per heavy atom. The first-order valence-electron chi connectivity index (χ1n) is 9.94. The number of rotatable bonds is 4. The second kappa shape index (κ2) is 7.84. The number of aryl methyl sites for hydroxylation is 2. The van der Waals surface area contributed by atoms with Crippen LogP contribution >= 0.6 is 0 Å². The first-order chi connectivity index (χ1) is 14.8. The monoisotopic (exact) mass is 392 g/mol. The average molecular weight is 392 g/mol. The zero-order valence-electron chi connectivity index (χ0n) is 16.3. The van der Waals surface area contributed by atoms with Gasteiger partial charge in [-0.15, -0.1) is 0 Å². The zero-order valence-corrected chi connectivity index (χ0v) is 16.3. The zero-order chi connectivity index (χ0) is 20.3. The number of fused-ring (bicyclic) bond motifs is 2. The fourth-order valence-electron chi connectivity index (χ4n) is 3.73. The Bertz CT molecular complexity index is 1410. The average Bonchev–Trinajstić information content (AvgIpc) is 2.82. The molecule has 0 saturated carbocycles. The predicted molar refractivity (Wildman–Crippen MR) is 118 cm³/mol. The van der Waals surface area contributed by atoms with Crippen LogP contribution in [0.5, 0.6) is 0 Å². The Hall–Kier alpha value is -3.92. The molecule has 0 unspecified atom stereocenters. The number of pyridine rings is 1. The molecule has 0 atom stereocenters. The van der Waals surface area contributed by atoms with Crippen molar-refractivity contribution in [2.45, 2.75) is 12.8 Å². The predicted octanol–water partition coefficient (Wildman–Crippen LogP) is 5.72. The molecule has 0 amide bonds. The molecule has 30 heavy (non-hydrogen) atoms. The molecular formula is C26H20N2O2. The van der Waals surface area contributed by atoms with Gasteiger partial charge in [0.2, 0.25) is 0 Å². The molecule has 0 radical (unpaired) electrons. The Labute approximate surface area is 173 Å². The van der Waals surface area contributed by atoms with E-state index in [1.54, 1.807) is 6.07 Å². The first-order valence-corrected chi connectivity index (χ1v) is 9.94.